The molecule has 0 bridgehead atoms. The molecule has 2 aromatic carbocycles. The SMILES string of the molecule is Cc1ccc([C@@H](C)NCc2cccc(-c3ccc(NC(=O)CCC=O)nc3)c2)cc1. The van der Waals surface area contributed by atoms with Gasteiger partial charge in [0.05, 0.1) is 0 Å². The van der Waals surface area contributed by atoms with E-state index in [1.807, 2.05) is 18.2 Å². The summed E-state index contributed by atoms with van der Waals surface area (Å²) in [5.74, 6) is 0.275. The summed E-state index contributed by atoms with van der Waals surface area (Å²) in [6.45, 7) is 5.03. The summed E-state index contributed by atoms with van der Waals surface area (Å²) >= 11 is 0. The lowest BCUT2D eigenvalue weighted by atomic mass is 10.0. The smallest absolute Gasteiger partial charge is 0.225 e. The number of aldehydes is 1. The van der Waals surface area contributed by atoms with Gasteiger partial charge in [-0.15, -0.1) is 0 Å². The molecular weight excluding hydrogens is 374 g/mol. The molecule has 0 aliphatic rings. The molecule has 1 aromatic heterocycles. The Hall–Kier alpha value is -3.31. The van der Waals surface area contributed by atoms with Gasteiger partial charge < -0.3 is 15.4 Å². The molecule has 0 spiro atoms. The number of carbonyl (C=O) groups is 2. The first-order chi connectivity index (χ1) is 14.5. The number of carbonyl (C=O) groups excluding carboxylic acids is 2. The van der Waals surface area contributed by atoms with Gasteiger partial charge in [-0.25, -0.2) is 4.98 Å². The van der Waals surface area contributed by atoms with Gasteiger partial charge in [0.2, 0.25) is 5.91 Å². The second-order valence-corrected chi connectivity index (χ2v) is 7.40. The Labute approximate surface area is 177 Å². The lowest BCUT2D eigenvalue weighted by Gasteiger charge is -2.15. The summed E-state index contributed by atoms with van der Waals surface area (Å²) in [4.78, 5) is 26.4. The molecule has 0 radical (unpaired) electrons. The van der Waals surface area contributed by atoms with E-state index in [4.69, 9.17) is 0 Å². The monoisotopic (exact) mass is 401 g/mol. The highest BCUT2D eigenvalue weighted by Gasteiger charge is 2.07. The van der Waals surface area contributed by atoms with Crippen molar-refractivity contribution in [1.29, 1.82) is 0 Å². The van der Waals surface area contributed by atoms with Gasteiger partial charge in [-0.05, 0) is 48.7 Å². The Morgan fingerprint density at radius 3 is 2.57 bits per heavy atom. The van der Waals surface area contributed by atoms with Crippen molar-refractivity contribution in [3.8, 4) is 11.1 Å². The third-order valence-corrected chi connectivity index (χ3v) is 4.97. The minimum absolute atomic E-state index is 0.170. The topological polar surface area (TPSA) is 71.1 Å². The molecule has 1 heterocycles. The van der Waals surface area contributed by atoms with Gasteiger partial charge >= 0.3 is 0 Å². The zero-order valence-corrected chi connectivity index (χ0v) is 17.4. The van der Waals surface area contributed by atoms with Crippen LogP contribution < -0.4 is 10.6 Å². The van der Waals surface area contributed by atoms with Crippen molar-refractivity contribution in [2.24, 2.45) is 0 Å². The number of aromatic nitrogens is 1. The quantitative estimate of drug-likeness (QED) is 0.504. The van der Waals surface area contributed by atoms with E-state index in [9.17, 15) is 9.59 Å². The van der Waals surface area contributed by atoms with Crippen LogP contribution in [0, 0.1) is 6.92 Å². The van der Waals surface area contributed by atoms with E-state index in [1.54, 1.807) is 12.3 Å². The maximum absolute atomic E-state index is 11.7. The number of benzene rings is 2. The Morgan fingerprint density at radius 1 is 1.07 bits per heavy atom. The standard InChI is InChI=1S/C25H27N3O2/c1-18-8-10-21(11-9-18)19(2)26-16-20-5-3-6-22(15-20)23-12-13-24(27-17-23)28-25(30)7-4-14-29/h3,5-6,8-15,17,19,26H,4,7,16H2,1-2H3,(H,27,28,30)/t19-/m1/s1. The van der Waals surface area contributed by atoms with Gasteiger partial charge in [-0.2, -0.15) is 0 Å². The average Bonchev–Trinajstić information content (AvgIpc) is 2.77. The molecule has 0 saturated carbocycles. The summed E-state index contributed by atoms with van der Waals surface area (Å²) in [6, 6.07) is 20.9. The van der Waals surface area contributed by atoms with Gasteiger partial charge in [0.25, 0.3) is 0 Å². The number of hydrogen-bond acceptors (Lipinski definition) is 4. The van der Waals surface area contributed by atoms with Crippen LogP contribution in [0.3, 0.4) is 0 Å². The summed E-state index contributed by atoms with van der Waals surface area (Å²) in [5.41, 5.74) is 5.78. The molecule has 154 valence electrons. The number of aryl methyl sites for hydroxylation is 1. The largest absolute Gasteiger partial charge is 0.311 e. The Balaban J connectivity index is 1.61. The number of pyridine rings is 1. The van der Waals surface area contributed by atoms with Gasteiger partial charge in [0.15, 0.2) is 0 Å². The van der Waals surface area contributed by atoms with Gasteiger partial charge in [-0.1, -0.05) is 48.0 Å². The summed E-state index contributed by atoms with van der Waals surface area (Å²) in [5, 5.41) is 6.27. The number of nitrogens with zero attached hydrogens (tertiary/aromatic N) is 1. The van der Waals surface area contributed by atoms with E-state index in [0.29, 0.717) is 5.82 Å². The highest BCUT2D eigenvalue weighted by atomic mass is 16.1. The van der Waals surface area contributed by atoms with Crippen LogP contribution in [0.1, 0.15) is 42.5 Å². The molecule has 0 aliphatic heterocycles. The molecule has 1 atom stereocenters. The lowest BCUT2D eigenvalue weighted by molar-refractivity contribution is -0.118. The first-order valence-electron chi connectivity index (χ1n) is 10.1. The van der Waals surface area contributed by atoms with Crippen molar-refractivity contribution in [3.63, 3.8) is 0 Å². The number of hydrogen-bond donors (Lipinski definition) is 2. The average molecular weight is 402 g/mol. The lowest BCUT2D eigenvalue weighted by Crippen LogP contribution is -2.18. The second-order valence-electron chi connectivity index (χ2n) is 7.40. The van der Waals surface area contributed by atoms with Crippen molar-refractivity contribution in [1.82, 2.24) is 10.3 Å². The fourth-order valence-corrected chi connectivity index (χ4v) is 3.14. The third kappa shape index (κ3) is 6.09. The van der Waals surface area contributed by atoms with E-state index in [0.717, 1.165) is 24.0 Å². The molecule has 0 unspecified atom stereocenters. The van der Waals surface area contributed by atoms with Crippen molar-refractivity contribution in [2.75, 3.05) is 5.32 Å². The Morgan fingerprint density at radius 2 is 1.87 bits per heavy atom. The number of anilines is 1. The molecule has 5 nitrogen and oxygen atoms in total. The third-order valence-electron chi connectivity index (χ3n) is 4.97. The maximum atomic E-state index is 11.7. The van der Waals surface area contributed by atoms with Crippen LogP contribution in [0.5, 0.6) is 0 Å². The van der Waals surface area contributed by atoms with Crippen molar-refractivity contribution >= 4 is 18.0 Å². The van der Waals surface area contributed by atoms with Crippen molar-refractivity contribution in [2.45, 2.75) is 39.3 Å². The van der Waals surface area contributed by atoms with Gasteiger partial charge in [0, 0.05) is 37.2 Å². The Bertz CT molecular complexity index is 982. The van der Waals surface area contributed by atoms with Crippen LogP contribution in [0.2, 0.25) is 0 Å². The van der Waals surface area contributed by atoms with Gasteiger partial charge in [-0.3, -0.25) is 4.79 Å². The van der Waals surface area contributed by atoms with Gasteiger partial charge in [0.1, 0.15) is 12.1 Å². The predicted molar refractivity (Wildman–Crippen MR) is 120 cm³/mol. The summed E-state index contributed by atoms with van der Waals surface area (Å²) in [6.07, 6.45) is 2.87. The summed E-state index contributed by atoms with van der Waals surface area (Å²) in [7, 11) is 0. The van der Waals surface area contributed by atoms with E-state index >= 15 is 0 Å². The fourth-order valence-electron chi connectivity index (χ4n) is 3.14. The molecule has 3 rings (SSSR count). The second kappa shape index (κ2) is 10.5. The Kier molecular flexibility index (Phi) is 7.46. The molecular formula is C25H27N3O2. The van der Waals surface area contributed by atoms with Crippen LogP contribution >= 0.6 is 0 Å². The van der Waals surface area contributed by atoms with Crippen LogP contribution in [-0.2, 0) is 16.1 Å². The molecule has 0 fully saturated rings. The molecule has 30 heavy (non-hydrogen) atoms. The van der Waals surface area contributed by atoms with E-state index in [-0.39, 0.29) is 24.8 Å². The normalized spacial score (nSPS) is 11.7. The summed E-state index contributed by atoms with van der Waals surface area (Å²) < 4.78 is 0. The first kappa shape index (κ1) is 21.4. The minimum atomic E-state index is -0.210. The van der Waals surface area contributed by atoms with Crippen molar-refractivity contribution in [3.05, 3.63) is 83.6 Å². The molecule has 5 heteroatoms. The van der Waals surface area contributed by atoms with Crippen LogP contribution in [0.25, 0.3) is 11.1 Å². The predicted octanol–water partition coefficient (Wildman–Crippen LogP) is 4.83. The molecule has 0 aliphatic carbocycles. The zero-order valence-electron chi connectivity index (χ0n) is 17.4. The molecule has 2 N–H and O–H groups in total. The van der Waals surface area contributed by atoms with Crippen molar-refractivity contribution < 1.29 is 9.59 Å². The van der Waals surface area contributed by atoms with Crippen LogP contribution in [0.15, 0.2) is 66.9 Å². The highest BCUT2D eigenvalue weighted by molar-refractivity contribution is 5.90. The van der Waals surface area contributed by atoms with E-state index < -0.39 is 0 Å². The number of amides is 1. The highest BCUT2D eigenvalue weighted by Crippen LogP contribution is 2.22. The van der Waals surface area contributed by atoms with Crippen LogP contribution in [-0.4, -0.2) is 17.2 Å². The zero-order chi connectivity index (χ0) is 21.3. The molecule has 3 aromatic rings. The van der Waals surface area contributed by atoms with E-state index in [1.165, 1.54) is 16.7 Å². The maximum Gasteiger partial charge on any atom is 0.225 e. The minimum Gasteiger partial charge on any atom is -0.311 e. The molecule has 1 amide bonds. The number of rotatable bonds is 9. The molecule has 0 saturated heterocycles. The first-order valence-corrected chi connectivity index (χ1v) is 10.1. The number of nitrogens with one attached hydrogen (secondary N) is 2. The van der Waals surface area contributed by atoms with Crippen LogP contribution in [0.4, 0.5) is 5.82 Å². The fraction of sp³-hybridized carbons (Fsp3) is 0.240. The van der Waals surface area contributed by atoms with E-state index in [2.05, 4.69) is 65.9 Å².